The SMILES string of the molecule is O=C1CCc2ccc(OCc3cn4ccccc4n3)cc21. The highest BCUT2D eigenvalue weighted by Crippen LogP contribution is 2.26. The molecule has 0 unspecified atom stereocenters. The van der Waals surface area contributed by atoms with Gasteiger partial charge in [0.05, 0.1) is 5.69 Å². The lowest BCUT2D eigenvalue weighted by molar-refractivity contribution is 0.0994. The van der Waals surface area contributed by atoms with Crippen LogP contribution in [0.2, 0.25) is 0 Å². The first-order valence-corrected chi connectivity index (χ1v) is 7.01. The van der Waals surface area contributed by atoms with E-state index in [4.69, 9.17) is 4.74 Å². The molecular formula is C17H14N2O2. The van der Waals surface area contributed by atoms with Gasteiger partial charge >= 0.3 is 0 Å². The number of rotatable bonds is 3. The summed E-state index contributed by atoms with van der Waals surface area (Å²) in [5, 5.41) is 0. The quantitative estimate of drug-likeness (QED) is 0.739. The van der Waals surface area contributed by atoms with Crippen molar-refractivity contribution in [2.24, 2.45) is 0 Å². The van der Waals surface area contributed by atoms with E-state index >= 15 is 0 Å². The van der Waals surface area contributed by atoms with Crippen LogP contribution in [-0.2, 0) is 13.0 Å². The molecule has 1 aliphatic rings. The van der Waals surface area contributed by atoms with Gasteiger partial charge in [-0.1, -0.05) is 12.1 Å². The third-order valence-electron chi connectivity index (χ3n) is 3.80. The summed E-state index contributed by atoms with van der Waals surface area (Å²) in [6.07, 6.45) is 5.37. The van der Waals surface area contributed by atoms with Crippen LogP contribution in [0.25, 0.3) is 5.65 Å². The largest absolute Gasteiger partial charge is 0.487 e. The number of Topliss-reactive ketones (excluding diaryl/α,β-unsaturated/α-hetero) is 1. The molecule has 0 N–H and O–H groups in total. The first-order chi connectivity index (χ1) is 10.3. The monoisotopic (exact) mass is 278 g/mol. The van der Waals surface area contributed by atoms with Crippen molar-refractivity contribution < 1.29 is 9.53 Å². The molecule has 2 aromatic heterocycles. The number of aromatic nitrogens is 2. The van der Waals surface area contributed by atoms with E-state index in [0.717, 1.165) is 34.6 Å². The molecule has 4 rings (SSSR count). The van der Waals surface area contributed by atoms with E-state index in [1.807, 2.05) is 53.2 Å². The topological polar surface area (TPSA) is 43.6 Å². The van der Waals surface area contributed by atoms with E-state index in [9.17, 15) is 4.79 Å². The number of nitrogens with zero attached hydrogens (tertiary/aromatic N) is 2. The molecule has 3 aromatic rings. The maximum atomic E-state index is 11.7. The number of ether oxygens (including phenoxy) is 1. The third kappa shape index (κ3) is 2.18. The summed E-state index contributed by atoms with van der Waals surface area (Å²) < 4.78 is 7.73. The van der Waals surface area contributed by atoms with Crippen LogP contribution in [0.4, 0.5) is 0 Å². The highest BCUT2D eigenvalue weighted by molar-refractivity contribution is 6.00. The summed E-state index contributed by atoms with van der Waals surface area (Å²) in [5.41, 5.74) is 3.70. The van der Waals surface area contributed by atoms with E-state index in [-0.39, 0.29) is 5.78 Å². The number of carbonyl (C=O) groups is 1. The lowest BCUT2D eigenvalue weighted by Gasteiger charge is -2.06. The smallest absolute Gasteiger partial charge is 0.163 e. The minimum Gasteiger partial charge on any atom is -0.487 e. The van der Waals surface area contributed by atoms with Gasteiger partial charge in [-0.2, -0.15) is 0 Å². The number of benzene rings is 1. The van der Waals surface area contributed by atoms with Gasteiger partial charge in [-0.25, -0.2) is 4.98 Å². The zero-order valence-corrected chi connectivity index (χ0v) is 11.5. The van der Waals surface area contributed by atoms with E-state index in [1.165, 1.54) is 0 Å². The molecule has 0 bridgehead atoms. The van der Waals surface area contributed by atoms with E-state index in [1.54, 1.807) is 0 Å². The van der Waals surface area contributed by atoms with Crippen molar-refractivity contribution in [2.75, 3.05) is 0 Å². The Hall–Kier alpha value is -2.62. The Morgan fingerprint density at radius 1 is 1.19 bits per heavy atom. The molecule has 0 saturated carbocycles. The van der Waals surface area contributed by atoms with Crippen LogP contribution in [-0.4, -0.2) is 15.2 Å². The molecule has 0 atom stereocenters. The Kier molecular flexibility index (Phi) is 2.74. The lowest BCUT2D eigenvalue weighted by atomic mass is 10.1. The van der Waals surface area contributed by atoms with E-state index in [0.29, 0.717) is 13.0 Å². The van der Waals surface area contributed by atoms with Crippen molar-refractivity contribution >= 4 is 11.4 Å². The second-order valence-corrected chi connectivity index (χ2v) is 5.23. The van der Waals surface area contributed by atoms with Crippen molar-refractivity contribution in [3.05, 3.63) is 65.6 Å². The molecule has 0 spiro atoms. The van der Waals surface area contributed by atoms with E-state index in [2.05, 4.69) is 4.98 Å². The van der Waals surface area contributed by atoms with Crippen LogP contribution in [0.1, 0.15) is 28.0 Å². The average Bonchev–Trinajstić information content (AvgIpc) is 3.09. The fourth-order valence-electron chi connectivity index (χ4n) is 2.72. The fourth-order valence-corrected chi connectivity index (χ4v) is 2.72. The number of hydrogen-bond acceptors (Lipinski definition) is 3. The second kappa shape index (κ2) is 4.74. The van der Waals surface area contributed by atoms with Crippen molar-refractivity contribution in [3.8, 4) is 5.75 Å². The molecule has 0 saturated heterocycles. The number of pyridine rings is 1. The normalized spacial score (nSPS) is 13.6. The molecule has 4 heteroatoms. The number of fused-ring (bicyclic) bond motifs is 2. The Morgan fingerprint density at radius 2 is 2.14 bits per heavy atom. The maximum absolute atomic E-state index is 11.7. The fraction of sp³-hybridized carbons (Fsp3) is 0.176. The summed E-state index contributed by atoms with van der Waals surface area (Å²) in [7, 11) is 0. The highest BCUT2D eigenvalue weighted by Gasteiger charge is 2.19. The van der Waals surface area contributed by atoms with Gasteiger partial charge < -0.3 is 9.14 Å². The molecule has 21 heavy (non-hydrogen) atoms. The molecule has 4 nitrogen and oxygen atoms in total. The minimum atomic E-state index is 0.211. The van der Waals surface area contributed by atoms with Crippen LogP contribution in [0.3, 0.4) is 0 Å². The highest BCUT2D eigenvalue weighted by atomic mass is 16.5. The molecule has 0 fully saturated rings. The van der Waals surface area contributed by atoms with Gasteiger partial charge in [0.15, 0.2) is 5.78 Å². The molecule has 1 aromatic carbocycles. The number of hydrogen-bond donors (Lipinski definition) is 0. The Bertz CT molecular complexity index is 803. The van der Waals surface area contributed by atoms with Gasteiger partial charge in [0.1, 0.15) is 18.0 Å². The zero-order valence-electron chi connectivity index (χ0n) is 11.5. The van der Waals surface area contributed by atoms with Gasteiger partial charge in [0.25, 0.3) is 0 Å². The molecule has 0 radical (unpaired) electrons. The zero-order chi connectivity index (χ0) is 14.2. The number of imidazole rings is 1. The summed E-state index contributed by atoms with van der Waals surface area (Å²) in [6, 6.07) is 11.6. The number of carbonyl (C=O) groups excluding carboxylic acids is 1. The van der Waals surface area contributed by atoms with Gasteiger partial charge in [-0.05, 0) is 36.2 Å². The molecule has 0 amide bonds. The molecule has 0 aliphatic heterocycles. The molecule has 2 heterocycles. The van der Waals surface area contributed by atoms with Crippen molar-refractivity contribution in [2.45, 2.75) is 19.4 Å². The summed E-state index contributed by atoms with van der Waals surface area (Å²) >= 11 is 0. The standard InChI is InChI=1S/C17H14N2O2/c20-16-7-5-12-4-6-14(9-15(12)16)21-11-13-10-19-8-2-1-3-17(19)18-13/h1-4,6,8-10H,5,7,11H2. The van der Waals surface area contributed by atoms with Crippen LogP contribution >= 0.6 is 0 Å². The van der Waals surface area contributed by atoms with Crippen LogP contribution in [0.15, 0.2) is 48.8 Å². The predicted octanol–water partition coefficient (Wildman–Crippen LogP) is 3.04. The van der Waals surface area contributed by atoms with Gasteiger partial charge in [0.2, 0.25) is 0 Å². The van der Waals surface area contributed by atoms with E-state index < -0.39 is 0 Å². The number of ketones is 1. The second-order valence-electron chi connectivity index (χ2n) is 5.23. The lowest BCUT2D eigenvalue weighted by Crippen LogP contribution is -1.98. The van der Waals surface area contributed by atoms with Gasteiger partial charge in [-0.15, -0.1) is 0 Å². The Balaban J connectivity index is 1.54. The average molecular weight is 278 g/mol. The maximum Gasteiger partial charge on any atom is 0.163 e. The molecule has 1 aliphatic carbocycles. The Labute approximate surface area is 122 Å². The minimum absolute atomic E-state index is 0.211. The van der Waals surface area contributed by atoms with Crippen molar-refractivity contribution in [1.29, 1.82) is 0 Å². The number of aryl methyl sites for hydroxylation is 1. The Morgan fingerprint density at radius 3 is 3.05 bits per heavy atom. The van der Waals surface area contributed by atoms with Crippen LogP contribution < -0.4 is 4.74 Å². The van der Waals surface area contributed by atoms with Crippen molar-refractivity contribution in [1.82, 2.24) is 9.38 Å². The van der Waals surface area contributed by atoms with Crippen molar-refractivity contribution in [3.63, 3.8) is 0 Å². The third-order valence-corrected chi connectivity index (χ3v) is 3.80. The first kappa shape index (κ1) is 12.1. The van der Waals surface area contributed by atoms with Gasteiger partial charge in [-0.3, -0.25) is 4.79 Å². The first-order valence-electron chi connectivity index (χ1n) is 7.01. The van der Waals surface area contributed by atoms with Crippen LogP contribution in [0, 0.1) is 0 Å². The summed E-state index contributed by atoms with van der Waals surface area (Å²) in [5.74, 6) is 0.934. The predicted molar refractivity (Wildman–Crippen MR) is 78.6 cm³/mol. The molecule has 104 valence electrons. The van der Waals surface area contributed by atoms with Gasteiger partial charge in [0, 0.05) is 24.4 Å². The van der Waals surface area contributed by atoms with Crippen LogP contribution in [0.5, 0.6) is 5.75 Å². The molecular weight excluding hydrogens is 264 g/mol. The summed E-state index contributed by atoms with van der Waals surface area (Å²) in [4.78, 5) is 16.2. The summed E-state index contributed by atoms with van der Waals surface area (Å²) in [6.45, 7) is 0.397.